The lowest BCUT2D eigenvalue weighted by Crippen LogP contribution is -2.45. The summed E-state index contributed by atoms with van der Waals surface area (Å²) >= 11 is 0. The molecule has 1 rings (SSSR count). The van der Waals surface area contributed by atoms with Gasteiger partial charge in [0, 0.05) is 14.1 Å². The number of hydrogen-bond donors (Lipinski definition) is 4. The van der Waals surface area contributed by atoms with E-state index >= 15 is 0 Å². The molecular formula is C12H18N2O4. The zero-order chi connectivity index (χ0) is 13.9. The van der Waals surface area contributed by atoms with Gasteiger partial charge in [0.05, 0.1) is 0 Å². The summed E-state index contributed by atoms with van der Waals surface area (Å²) < 4.78 is 0. The summed E-state index contributed by atoms with van der Waals surface area (Å²) in [5.41, 5.74) is 0.347. The minimum atomic E-state index is -1.11. The van der Waals surface area contributed by atoms with Gasteiger partial charge in [-0.2, -0.15) is 0 Å². The molecule has 0 aliphatic heterocycles. The van der Waals surface area contributed by atoms with Crippen molar-refractivity contribution in [1.29, 1.82) is 0 Å². The van der Waals surface area contributed by atoms with Crippen LogP contribution in [0.15, 0.2) is 18.2 Å². The maximum atomic E-state index is 11.8. The fourth-order valence-corrected chi connectivity index (χ4v) is 1.61. The molecule has 0 heterocycles. The summed E-state index contributed by atoms with van der Waals surface area (Å²) in [5.74, 6) is -0.887. The minimum Gasteiger partial charge on any atom is -0.504 e. The molecule has 0 aliphatic rings. The molecule has 6 heteroatoms. The molecule has 1 aromatic rings. The SMILES string of the molecule is CNC(C(=O)N(C)C)C(O)c1ccc(O)c(O)c1. The average Bonchev–Trinajstić information content (AvgIpc) is 2.33. The molecule has 0 radical (unpaired) electrons. The van der Waals surface area contributed by atoms with Crippen molar-refractivity contribution in [2.24, 2.45) is 0 Å². The number of hydrogen-bond acceptors (Lipinski definition) is 5. The van der Waals surface area contributed by atoms with Crippen molar-refractivity contribution in [3.63, 3.8) is 0 Å². The maximum absolute atomic E-state index is 11.8. The van der Waals surface area contributed by atoms with Crippen LogP contribution >= 0.6 is 0 Å². The fourth-order valence-electron chi connectivity index (χ4n) is 1.61. The van der Waals surface area contributed by atoms with Crippen LogP contribution in [0.3, 0.4) is 0 Å². The van der Waals surface area contributed by atoms with Crippen LogP contribution in [-0.4, -0.2) is 53.3 Å². The summed E-state index contributed by atoms with van der Waals surface area (Å²) in [6.45, 7) is 0. The second kappa shape index (κ2) is 5.70. The Morgan fingerprint density at radius 1 is 1.28 bits per heavy atom. The summed E-state index contributed by atoms with van der Waals surface area (Å²) in [5, 5.41) is 31.4. The van der Waals surface area contributed by atoms with Crippen molar-refractivity contribution in [1.82, 2.24) is 10.2 Å². The van der Waals surface area contributed by atoms with Gasteiger partial charge in [0.1, 0.15) is 12.1 Å². The van der Waals surface area contributed by atoms with E-state index in [0.717, 1.165) is 0 Å². The standard InChI is InChI=1S/C12H18N2O4/c1-13-10(12(18)14(2)3)11(17)7-4-5-8(15)9(16)6-7/h4-6,10-11,13,15-17H,1-3H3. The Labute approximate surface area is 105 Å². The summed E-state index contributed by atoms with van der Waals surface area (Å²) in [6, 6.07) is 3.13. The molecule has 0 spiro atoms. The van der Waals surface area contributed by atoms with Crippen LogP contribution in [0.2, 0.25) is 0 Å². The molecule has 1 amide bonds. The van der Waals surface area contributed by atoms with Crippen molar-refractivity contribution >= 4 is 5.91 Å². The number of amides is 1. The van der Waals surface area contributed by atoms with E-state index in [0.29, 0.717) is 5.56 Å². The second-order valence-corrected chi connectivity index (χ2v) is 4.19. The molecule has 18 heavy (non-hydrogen) atoms. The third kappa shape index (κ3) is 2.91. The highest BCUT2D eigenvalue weighted by Gasteiger charge is 2.28. The highest BCUT2D eigenvalue weighted by molar-refractivity contribution is 5.82. The van der Waals surface area contributed by atoms with E-state index in [9.17, 15) is 20.1 Å². The van der Waals surface area contributed by atoms with E-state index in [4.69, 9.17) is 0 Å². The number of phenolic OH excluding ortho intramolecular Hbond substituents is 2. The molecule has 0 fully saturated rings. The van der Waals surface area contributed by atoms with Crippen molar-refractivity contribution in [2.75, 3.05) is 21.1 Å². The van der Waals surface area contributed by atoms with Gasteiger partial charge in [0.15, 0.2) is 11.5 Å². The molecule has 2 atom stereocenters. The van der Waals surface area contributed by atoms with Gasteiger partial charge in [0.2, 0.25) is 5.91 Å². The van der Waals surface area contributed by atoms with E-state index in [1.807, 2.05) is 0 Å². The van der Waals surface area contributed by atoms with Gasteiger partial charge in [-0.25, -0.2) is 0 Å². The highest BCUT2D eigenvalue weighted by Crippen LogP contribution is 2.29. The lowest BCUT2D eigenvalue weighted by molar-refractivity contribution is -0.133. The lowest BCUT2D eigenvalue weighted by Gasteiger charge is -2.25. The van der Waals surface area contributed by atoms with Crippen LogP contribution in [0.1, 0.15) is 11.7 Å². The Bertz CT molecular complexity index is 434. The highest BCUT2D eigenvalue weighted by atomic mass is 16.3. The predicted molar refractivity (Wildman–Crippen MR) is 66.3 cm³/mol. The smallest absolute Gasteiger partial charge is 0.242 e. The van der Waals surface area contributed by atoms with Crippen molar-refractivity contribution in [3.8, 4) is 11.5 Å². The second-order valence-electron chi connectivity index (χ2n) is 4.19. The zero-order valence-electron chi connectivity index (χ0n) is 10.6. The maximum Gasteiger partial charge on any atom is 0.242 e. The van der Waals surface area contributed by atoms with Crippen LogP contribution < -0.4 is 5.32 Å². The van der Waals surface area contributed by atoms with Crippen LogP contribution in [0.5, 0.6) is 11.5 Å². The Hall–Kier alpha value is -1.79. The quantitative estimate of drug-likeness (QED) is 0.559. The fraction of sp³-hybridized carbons (Fsp3) is 0.417. The first-order valence-corrected chi connectivity index (χ1v) is 5.46. The van der Waals surface area contributed by atoms with E-state index < -0.39 is 12.1 Å². The van der Waals surface area contributed by atoms with E-state index in [1.54, 1.807) is 21.1 Å². The number of benzene rings is 1. The van der Waals surface area contributed by atoms with E-state index in [2.05, 4.69) is 5.32 Å². The van der Waals surface area contributed by atoms with Gasteiger partial charge >= 0.3 is 0 Å². The molecule has 0 aliphatic carbocycles. The van der Waals surface area contributed by atoms with Gasteiger partial charge in [-0.05, 0) is 24.7 Å². The van der Waals surface area contributed by atoms with Crippen molar-refractivity contribution in [2.45, 2.75) is 12.1 Å². The number of carbonyl (C=O) groups is 1. The predicted octanol–water partition coefficient (Wildman–Crippen LogP) is -0.193. The van der Waals surface area contributed by atoms with E-state index in [1.165, 1.54) is 23.1 Å². The number of carbonyl (C=O) groups excluding carboxylic acids is 1. The number of likely N-dealkylation sites (N-methyl/N-ethyl adjacent to an activating group) is 2. The number of aliphatic hydroxyl groups is 1. The molecule has 100 valence electrons. The Morgan fingerprint density at radius 2 is 1.89 bits per heavy atom. The number of aromatic hydroxyl groups is 2. The van der Waals surface area contributed by atoms with Crippen molar-refractivity contribution < 1.29 is 20.1 Å². The molecule has 0 saturated carbocycles. The number of phenols is 2. The molecule has 0 saturated heterocycles. The molecule has 6 nitrogen and oxygen atoms in total. The van der Waals surface area contributed by atoms with Gasteiger partial charge < -0.3 is 25.5 Å². The van der Waals surface area contributed by atoms with Crippen LogP contribution in [0, 0.1) is 0 Å². The summed E-state index contributed by atoms with van der Waals surface area (Å²) in [4.78, 5) is 13.2. The molecule has 2 unspecified atom stereocenters. The van der Waals surface area contributed by atoms with Crippen LogP contribution in [-0.2, 0) is 4.79 Å². The molecular weight excluding hydrogens is 236 g/mol. The normalized spacial score (nSPS) is 14.0. The topological polar surface area (TPSA) is 93.0 Å². The van der Waals surface area contributed by atoms with Gasteiger partial charge in [-0.1, -0.05) is 6.07 Å². The Kier molecular flexibility index (Phi) is 4.52. The summed E-state index contributed by atoms with van der Waals surface area (Å²) in [7, 11) is 4.75. The number of rotatable bonds is 4. The van der Waals surface area contributed by atoms with Crippen LogP contribution in [0.4, 0.5) is 0 Å². The van der Waals surface area contributed by atoms with Gasteiger partial charge in [-0.3, -0.25) is 4.79 Å². The molecule has 0 aromatic heterocycles. The number of nitrogens with zero attached hydrogens (tertiary/aromatic N) is 1. The Morgan fingerprint density at radius 3 is 2.33 bits per heavy atom. The molecule has 1 aromatic carbocycles. The van der Waals surface area contributed by atoms with E-state index in [-0.39, 0.29) is 17.4 Å². The average molecular weight is 254 g/mol. The first kappa shape index (κ1) is 14.3. The third-order valence-electron chi connectivity index (χ3n) is 2.67. The minimum absolute atomic E-state index is 0.272. The third-order valence-corrected chi connectivity index (χ3v) is 2.67. The lowest BCUT2D eigenvalue weighted by atomic mass is 10.0. The van der Waals surface area contributed by atoms with Crippen molar-refractivity contribution in [3.05, 3.63) is 23.8 Å². The largest absolute Gasteiger partial charge is 0.504 e. The first-order chi connectivity index (χ1) is 8.38. The zero-order valence-corrected chi connectivity index (χ0v) is 10.6. The molecule has 4 N–H and O–H groups in total. The Balaban J connectivity index is 2.99. The molecule has 0 bridgehead atoms. The van der Waals surface area contributed by atoms with Crippen LogP contribution in [0.25, 0.3) is 0 Å². The number of aliphatic hydroxyl groups excluding tert-OH is 1. The monoisotopic (exact) mass is 254 g/mol. The van der Waals surface area contributed by atoms with Gasteiger partial charge in [0.25, 0.3) is 0 Å². The number of nitrogens with one attached hydrogen (secondary N) is 1. The van der Waals surface area contributed by atoms with Gasteiger partial charge in [-0.15, -0.1) is 0 Å². The summed E-state index contributed by atoms with van der Waals surface area (Å²) in [6.07, 6.45) is -1.11. The first-order valence-electron chi connectivity index (χ1n) is 5.46.